The third-order valence-corrected chi connectivity index (χ3v) is 4.64. The second-order valence-electron chi connectivity index (χ2n) is 5.90. The summed E-state index contributed by atoms with van der Waals surface area (Å²) in [5, 5.41) is 3.38. The van der Waals surface area contributed by atoms with Gasteiger partial charge in [0.25, 0.3) is 0 Å². The molecule has 0 aliphatic carbocycles. The number of halogens is 1. The van der Waals surface area contributed by atoms with Gasteiger partial charge in [-0.25, -0.2) is 0 Å². The molecule has 0 aromatic carbocycles. The number of carbonyl (C=O) groups excluding carboxylic acids is 2. The zero-order chi connectivity index (χ0) is 14.5. The lowest BCUT2D eigenvalue weighted by Crippen LogP contribution is -2.32. The summed E-state index contributed by atoms with van der Waals surface area (Å²) in [7, 11) is 0. The van der Waals surface area contributed by atoms with E-state index in [0.717, 1.165) is 39.3 Å². The van der Waals surface area contributed by atoms with Crippen LogP contribution in [0.25, 0.3) is 0 Å². The number of nitrogens with zero attached hydrogens (tertiary/aromatic N) is 2. The Bertz CT molecular complexity index is 349. The van der Waals surface area contributed by atoms with Gasteiger partial charge in [0.2, 0.25) is 11.8 Å². The minimum absolute atomic E-state index is 0. The topological polar surface area (TPSA) is 52.7 Å². The minimum Gasteiger partial charge on any atom is -0.343 e. The third kappa shape index (κ3) is 4.58. The number of carbonyl (C=O) groups is 2. The molecule has 2 heterocycles. The first-order chi connectivity index (χ1) is 9.65. The standard InChI is InChI=1S/C15H27N3O2.ClH/c1-3-17(4-2)14(19)6-5-7-15(20)18-10-12-8-16-9-13(12)11-18;/h12-13,16H,3-11H2,1-2H3;1H/t12-,13+;. The Morgan fingerprint density at radius 2 is 1.67 bits per heavy atom. The SMILES string of the molecule is CCN(CC)C(=O)CCCC(=O)N1C[C@H]2CNC[C@H]2C1.Cl. The van der Waals surface area contributed by atoms with Crippen molar-refractivity contribution in [3.63, 3.8) is 0 Å². The van der Waals surface area contributed by atoms with Gasteiger partial charge >= 0.3 is 0 Å². The zero-order valence-electron chi connectivity index (χ0n) is 13.1. The van der Waals surface area contributed by atoms with Crippen molar-refractivity contribution in [3.05, 3.63) is 0 Å². The van der Waals surface area contributed by atoms with Crippen LogP contribution in [0.15, 0.2) is 0 Å². The summed E-state index contributed by atoms with van der Waals surface area (Å²) in [6.07, 6.45) is 1.69. The number of rotatable bonds is 6. The molecule has 21 heavy (non-hydrogen) atoms. The highest BCUT2D eigenvalue weighted by atomic mass is 35.5. The van der Waals surface area contributed by atoms with Gasteiger partial charge in [0.1, 0.15) is 0 Å². The van der Waals surface area contributed by atoms with E-state index in [1.807, 2.05) is 23.6 Å². The predicted molar refractivity (Wildman–Crippen MR) is 85.5 cm³/mol. The Balaban J connectivity index is 0.00000220. The summed E-state index contributed by atoms with van der Waals surface area (Å²) < 4.78 is 0. The highest BCUT2D eigenvalue weighted by molar-refractivity contribution is 5.85. The molecule has 2 saturated heterocycles. The molecule has 2 aliphatic heterocycles. The van der Waals surface area contributed by atoms with Crippen LogP contribution in [-0.2, 0) is 9.59 Å². The van der Waals surface area contributed by atoms with Crippen molar-refractivity contribution in [1.82, 2.24) is 15.1 Å². The maximum atomic E-state index is 12.1. The first-order valence-corrected chi connectivity index (χ1v) is 7.92. The molecule has 2 rings (SSSR count). The number of amides is 2. The van der Waals surface area contributed by atoms with Crippen LogP contribution in [0.4, 0.5) is 0 Å². The Kier molecular flexibility index (Phi) is 7.46. The second-order valence-corrected chi connectivity index (χ2v) is 5.90. The Labute approximate surface area is 133 Å². The molecule has 0 aromatic heterocycles. The van der Waals surface area contributed by atoms with E-state index in [4.69, 9.17) is 0 Å². The molecule has 5 nitrogen and oxygen atoms in total. The lowest BCUT2D eigenvalue weighted by Gasteiger charge is -2.19. The molecule has 1 N–H and O–H groups in total. The molecule has 6 heteroatoms. The van der Waals surface area contributed by atoms with Crippen molar-refractivity contribution in [2.45, 2.75) is 33.1 Å². The molecule has 0 spiro atoms. The molecule has 2 aliphatic rings. The predicted octanol–water partition coefficient (Wildman–Crippen LogP) is 1.12. The molecule has 0 unspecified atom stereocenters. The lowest BCUT2D eigenvalue weighted by atomic mass is 10.0. The molecule has 0 aromatic rings. The minimum atomic E-state index is 0. The van der Waals surface area contributed by atoms with Crippen LogP contribution in [0.2, 0.25) is 0 Å². The molecule has 0 saturated carbocycles. The Morgan fingerprint density at radius 3 is 2.19 bits per heavy atom. The van der Waals surface area contributed by atoms with Gasteiger partial charge < -0.3 is 15.1 Å². The number of hydrogen-bond donors (Lipinski definition) is 1. The van der Waals surface area contributed by atoms with Crippen LogP contribution in [0.3, 0.4) is 0 Å². The molecule has 0 radical (unpaired) electrons. The van der Waals surface area contributed by atoms with Crippen molar-refractivity contribution in [1.29, 1.82) is 0 Å². The fourth-order valence-corrected chi connectivity index (χ4v) is 3.34. The van der Waals surface area contributed by atoms with Gasteiger partial charge in [-0.3, -0.25) is 9.59 Å². The Morgan fingerprint density at radius 1 is 1.10 bits per heavy atom. The summed E-state index contributed by atoms with van der Waals surface area (Å²) in [4.78, 5) is 27.8. The van der Waals surface area contributed by atoms with Crippen molar-refractivity contribution in [3.8, 4) is 0 Å². The maximum absolute atomic E-state index is 12.1. The molecule has 122 valence electrons. The van der Waals surface area contributed by atoms with Gasteiger partial charge in [0, 0.05) is 52.1 Å². The number of hydrogen-bond acceptors (Lipinski definition) is 3. The lowest BCUT2D eigenvalue weighted by molar-refractivity contribution is -0.132. The quantitative estimate of drug-likeness (QED) is 0.799. The number of likely N-dealkylation sites (tertiary alicyclic amines) is 1. The normalized spacial score (nSPS) is 23.6. The van der Waals surface area contributed by atoms with Gasteiger partial charge in [-0.1, -0.05) is 0 Å². The molecule has 2 fully saturated rings. The monoisotopic (exact) mass is 317 g/mol. The highest BCUT2D eigenvalue weighted by Gasteiger charge is 2.37. The molecular weight excluding hydrogens is 290 g/mol. The van der Waals surface area contributed by atoms with Crippen molar-refractivity contribution in [2.24, 2.45) is 11.8 Å². The summed E-state index contributed by atoms with van der Waals surface area (Å²) in [6, 6.07) is 0. The van der Waals surface area contributed by atoms with E-state index in [9.17, 15) is 9.59 Å². The number of nitrogens with one attached hydrogen (secondary N) is 1. The van der Waals surface area contributed by atoms with Crippen LogP contribution in [0.1, 0.15) is 33.1 Å². The zero-order valence-corrected chi connectivity index (χ0v) is 14.0. The summed E-state index contributed by atoms with van der Waals surface area (Å²) in [6.45, 7) is 9.40. The van der Waals surface area contributed by atoms with Crippen LogP contribution >= 0.6 is 12.4 Å². The van der Waals surface area contributed by atoms with Crippen LogP contribution in [0.5, 0.6) is 0 Å². The summed E-state index contributed by atoms with van der Waals surface area (Å²) in [5.41, 5.74) is 0. The second kappa shape index (κ2) is 8.59. The fraction of sp³-hybridized carbons (Fsp3) is 0.867. The largest absolute Gasteiger partial charge is 0.343 e. The van der Waals surface area contributed by atoms with Crippen LogP contribution < -0.4 is 5.32 Å². The molecular formula is C15H28ClN3O2. The van der Waals surface area contributed by atoms with Gasteiger partial charge in [-0.05, 0) is 32.1 Å². The molecule has 0 bridgehead atoms. The van der Waals surface area contributed by atoms with Crippen LogP contribution in [0, 0.1) is 11.8 Å². The van der Waals surface area contributed by atoms with E-state index in [1.165, 1.54) is 0 Å². The van der Waals surface area contributed by atoms with Crippen LogP contribution in [-0.4, -0.2) is 60.9 Å². The maximum Gasteiger partial charge on any atom is 0.222 e. The van der Waals surface area contributed by atoms with Crippen molar-refractivity contribution >= 4 is 24.2 Å². The molecule has 2 atom stereocenters. The fourth-order valence-electron chi connectivity index (χ4n) is 3.34. The number of fused-ring (bicyclic) bond motifs is 1. The van der Waals surface area contributed by atoms with Gasteiger partial charge in [-0.2, -0.15) is 0 Å². The van der Waals surface area contributed by atoms with Gasteiger partial charge in [0.15, 0.2) is 0 Å². The van der Waals surface area contributed by atoms with Crippen molar-refractivity contribution in [2.75, 3.05) is 39.3 Å². The van der Waals surface area contributed by atoms with E-state index in [0.29, 0.717) is 31.1 Å². The summed E-state index contributed by atoms with van der Waals surface area (Å²) in [5.74, 6) is 1.70. The average Bonchev–Trinajstić information content (AvgIpc) is 3.00. The molecule has 2 amide bonds. The average molecular weight is 318 g/mol. The first-order valence-electron chi connectivity index (χ1n) is 7.92. The third-order valence-electron chi connectivity index (χ3n) is 4.64. The van der Waals surface area contributed by atoms with E-state index in [1.54, 1.807) is 0 Å². The van der Waals surface area contributed by atoms with E-state index in [-0.39, 0.29) is 24.2 Å². The summed E-state index contributed by atoms with van der Waals surface area (Å²) >= 11 is 0. The highest BCUT2D eigenvalue weighted by Crippen LogP contribution is 2.26. The van der Waals surface area contributed by atoms with Gasteiger partial charge in [-0.15, -0.1) is 12.4 Å². The Hall–Kier alpha value is -0.810. The van der Waals surface area contributed by atoms with E-state index in [2.05, 4.69) is 5.32 Å². The van der Waals surface area contributed by atoms with E-state index >= 15 is 0 Å². The smallest absolute Gasteiger partial charge is 0.222 e. The van der Waals surface area contributed by atoms with E-state index < -0.39 is 0 Å². The van der Waals surface area contributed by atoms with Gasteiger partial charge in [0.05, 0.1) is 0 Å². The first kappa shape index (κ1) is 18.2. The van der Waals surface area contributed by atoms with Crippen molar-refractivity contribution < 1.29 is 9.59 Å².